The summed E-state index contributed by atoms with van der Waals surface area (Å²) in [4.78, 5) is 11.9. The number of hydrogen-bond acceptors (Lipinski definition) is 3. The third-order valence-electron chi connectivity index (χ3n) is 3.71. The summed E-state index contributed by atoms with van der Waals surface area (Å²) in [6, 6.07) is 4.70. The van der Waals surface area contributed by atoms with Gasteiger partial charge >= 0.3 is 6.09 Å². The van der Waals surface area contributed by atoms with Crippen LogP contribution < -0.4 is 10.6 Å². The first-order chi connectivity index (χ1) is 10.7. The van der Waals surface area contributed by atoms with Gasteiger partial charge in [-0.15, -0.1) is 0 Å². The smallest absolute Gasteiger partial charge is 0.407 e. The molecule has 0 saturated heterocycles. The zero-order chi connectivity index (χ0) is 17.0. The maximum Gasteiger partial charge on any atom is 0.407 e. The van der Waals surface area contributed by atoms with Crippen molar-refractivity contribution >= 4 is 23.4 Å². The van der Waals surface area contributed by atoms with Crippen molar-refractivity contribution in [2.24, 2.45) is 0 Å². The van der Waals surface area contributed by atoms with E-state index in [-0.39, 0.29) is 17.9 Å². The summed E-state index contributed by atoms with van der Waals surface area (Å²) in [5, 5.41) is 6.43. The van der Waals surface area contributed by atoms with Crippen LogP contribution in [0.25, 0.3) is 0 Å². The Kier molecular flexibility index (Phi) is 5.74. The second kappa shape index (κ2) is 7.39. The van der Waals surface area contributed by atoms with E-state index in [1.165, 1.54) is 6.07 Å². The standard InChI is InChI=1S/C17H24ClFN2O2/c1-17(2,3)23-16(22)21-12-7-4-6-11(10-12)20-15-13(18)8-5-9-14(15)19/h5,8-9,11-12,20H,4,6-7,10H2,1-3H3,(H,21,22). The lowest BCUT2D eigenvalue weighted by atomic mass is 9.91. The van der Waals surface area contributed by atoms with E-state index >= 15 is 0 Å². The Morgan fingerprint density at radius 1 is 1.30 bits per heavy atom. The normalized spacial score (nSPS) is 21.6. The molecule has 2 atom stereocenters. The van der Waals surface area contributed by atoms with E-state index in [2.05, 4.69) is 10.6 Å². The highest BCUT2D eigenvalue weighted by Gasteiger charge is 2.26. The lowest BCUT2D eigenvalue weighted by Gasteiger charge is -2.32. The van der Waals surface area contributed by atoms with E-state index in [1.807, 2.05) is 20.8 Å². The topological polar surface area (TPSA) is 50.4 Å². The summed E-state index contributed by atoms with van der Waals surface area (Å²) in [6.45, 7) is 5.49. The van der Waals surface area contributed by atoms with Crippen LogP contribution in [-0.2, 0) is 4.74 Å². The van der Waals surface area contributed by atoms with Gasteiger partial charge in [0.2, 0.25) is 0 Å². The average molecular weight is 343 g/mol. The van der Waals surface area contributed by atoms with Crippen molar-refractivity contribution < 1.29 is 13.9 Å². The van der Waals surface area contributed by atoms with Crippen LogP contribution in [0.4, 0.5) is 14.9 Å². The molecule has 6 heteroatoms. The maximum absolute atomic E-state index is 13.9. The van der Waals surface area contributed by atoms with Gasteiger partial charge in [0.25, 0.3) is 0 Å². The van der Waals surface area contributed by atoms with Crippen molar-refractivity contribution in [3.8, 4) is 0 Å². The second-order valence-corrected chi connectivity index (χ2v) is 7.35. The lowest BCUT2D eigenvalue weighted by molar-refractivity contribution is 0.0492. The molecule has 1 aromatic rings. The van der Waals surface area contributed by atoms with Crippen molar-refractivity contribution in [3.63, 3.8) is 0 Å². The minimum atomic E-state index is -0.517. The van der Waals surface area contributed by atoms with Gasteiger partial charge in [-0.1, -0.05) is 17.7 Å². The number of benzene rings is 1. The summed E-state index contributed by atoms with van der Waals surface area (Å²) >= 11 is 6.05. The number of alkyl carbamates (subject to hydrolysis) is 1. The number of halogens is 2. The SMILES string of the molecule is CC(C)(C)OC(=O)NC1CCCC(Nc2c(F)cccc2Cl)C1. The Hall–Kier alpha value is -1.49. The first-order valence-corrected chi connectivity index (χ1v) is 8.32. The van der Waals surface area contributed by atoms with E-state index in [9.17, 15) is 9.18 Å². The molecular weight excluding hydrogens is 319 g/mol. The molecule has 2 rings (SSSR count). The molecule has 2 N–H and O–H groups in total. The highest BCUT2D eigenvalue weighted by molar-refractivity contribution is 6.33. The van der Waals surface area contributed by atoms with Gasteiger partial charge in [-0.2, -0.15) is 0 Å². The molecule has 1 saturated carbocycles. The van der Waals surface area contributed by atoms with E-state index in [4.69, 9.17) is 16.3 Å². The fourth-order valence-corrected chi connectivity index (χ4v) is 2.98. The molecule has 0 aromatic heterocycles. The average Bonchev–Trinajstić information content (AvgIpc) is 2.41. The molecule has 128 valence electrons. The monoisotopic (exact) mass is 342 g/mol. The summed E-state index contributed by atoms with van der Waals surface area (Å²) in [5.74, 6) is -0.361. The largest absolute Gasteiger partial charge is 0.444 e. The molecule has 0 bridgehead atoms. The maximum atomic E-state index is 13.9. The van der Waals surface area contributed by atoms with Gasteiger partial charge in [-0.05, 0) is 58.6 Å². The zero-order valence-electron chi connectivity index (χ0n) is 13.8. The predicted octanol–water partition coefficient (Wildman–Crippen LogP) is 4.73. The Morgan fingerprint density at radius 2 is 2.00 bits per heavy atom. The van der Waals surface area contributed by atoms with E-state index in [1.54, 1.807) is 12.1 Å². The van der Waals surface area contributed by atoms with E-state index in [0.29, 0.717) is 17.1 Å². The molecule has 0 heterocycles. The molecule has 4 nitrogen and oxygen atoms in total. The van der Waals surface area contributed by atoms with Gasteiger partial charge in [-0.25, -0.2) is 9.18 Å². The van der Waals surface area contributed by atoms with Crippen molar-refractivity contribution in [2.75, 3.05) is 5.32 Å². The van der Waals surface area contributed by atoms with Crippen molar-refractivity contribution in [3.05, 3.63) is 29.0 Å². The van der Waals surface area contributed by atoms with E-state index < -0.39 is 11.7 Å². The number of amides is 1. The van der Waals surface area contributed by atoms with Crippen molar-refractivity contribution in [2.45, 2.75) is 64.1 Å². The molecule has 0 radical (unpaired) electrons. The molecule has 1 fully saturated rings. The summed E-state index contributed by atoms with van der Waals surface area (Å²) in [7, 11) is 0. The Labute approximate surface area is 141 Å². The number of anilines is 1. The molecule has 23 heavy (non-hydrogen) atoms. The number of hydrogen-bond donors (Lipinski definition) is 2. The van der Waals surface area contributed by atoms with Crippen LogP contribution >= 0.6 is 11.6 Å². The van der Waals surface area contributed by atoms with Crippen LogP contribution in [0.15, 0.2) is 18.2 Å². The summed E-state index contributed by atoms with van der Waals surface area (Å²) in [5.41, 5.74) is -0.186. The van der Waals surface area contributed by atoms with Crippen LogP contribution in [0, 0.1) is 5.82 Å². The minimum Gasteiger partial charge on any atom is -0.444 e. The molecule has 1 amide bonds. The second-order valence-electron chi connectivity index (χ2n) is 6.95. The van der Waals surface area contributed by atoms with Crippen molar-refractivity contribution in [1.29, 1.82) is 0 Å². The molecule has 2 unspecified atom stereocenters. The highest BCUT2D eigenvalue weighted by atomic mass is 35.5. The fourth-order valence-electron chi connectivity index (χ4n) is 2.77. The summed E-state index contributed by atoms with van der Waals surface area (Å²) < 4.78 is 19.1. The molecule has 1 aliphatic rings. The highest BCUT2D eigenvalue weighted by Crippen LogP contribution is 2.29. The Morgan fingerprint density at radius 3 is 2.65 bits per heavy atom. The van der Waals surface area contributed by atoms with Crippen molar-refractivity contribution in [1.82, 2.24) is 5.32 Å². The van der Waals surface area contributed by atoms with Crippen LogP contribution in [0.2, 0.25) is 5.02 Å². The third kappa shape index (κ3) is 5.57. The van der Waals surface area contributed by atoms with Gasteiger partial charge in [0.15, 0.2) is 0 Å². The first kappa shape index (κ1) is 17.9. The van der Waals surface area contributed by atoms with Crippen LogP contribution in [0.3, 0.4) is 0 Å². The Bertz CT molecular complexity index is 540. The van der Waals surface area contributed by atoms with E-state index in [0.717, 1.165) is 19.3 Å². The zero-order valence-corrected chi connectivity index (χ0v) is 14.5. The van der Waals surface area contributed by atoms with Gasteiger partial charge in [0, 0.05) is 12.1 Å². The molecular formula is C17H24ClFN2O2. The quantitative estimate of drug-likeness (QED) is 0.835. The number of para-hydroxylation sites is 1. The number of carbonyl (C=O) groups is 1. The molecule has 0 aliphatic heterocycles. The predicted molar refractivity (Wildman–Crippen MR) is 90.4 cm³/mol. The molecule has 0 spiro atoms. The van der Waals surface area contributed by atoms with Gasteiger partial charge < -0.3 is 15.4 Å². The third-order valence-corrected chi connectivity index (χ3v) is 4.02. The lowest BCUT2D eigenvalue weighted by Crippen LogP contribution is -2.44. The fraction of sp³-hybridized carbons (Fsp3) is 0.588. The van der Waals surface area contributed by atoms with Crippen LogP contribution in [0.5, 0.6) is 0 Å². The van der Waals surface area contributed by atoms with Crippen LogP contribution in [-0.4, -0.2) is 23.8 Å². The van der Waals surface area contributed by atoms with Gasteiger partial charge in [0.05, 0.1) is 10.7 Å². The number of nitrogens with one attached hydrogen (secondary N) is 2. The minimum absolute atomic E-state index is 0.0154. The van der Waals surface area contributed by atoms with Crippen LogP contribution in [0.1, 0.15) is 46.5 Å². The Balaban J connectivity index is 1.92. The molecule has 1 aromatic carbocycles. The number of rotatable bonds is 3. The first-order valence-electron chi connectivity index (χ1n) is 7.94. The number of ether oxygens (including phenoxy) is 1. The van der Waals surface area contributed by atoms with Gasteiger partial charge in [-0.3, -0.25) is 0 Å². The number of carbonyl (C=O) groups excluding carboxylic acids is 1. The molecule has 1 aliphatic carbocycles. The summed E-state index contributed by atoms with van der Waals surface area (Å²) in [6.07, 6.45) is 3.06. The van der Waals surface area contributed by atoms with Gasteiger partial charge in [0.1, 0.15) is 11.4 Å².